The van der Waals surface area contributed by atoms with Crippen molar-refractivity contribution in [1.82, 2.24) is 9.97 Å². The van der Waals surface area contributed by atoms with Crippen molar-refractivity contribution >= 4 is 16.5 Å². The standard InChI is InChI=1S/C19H18N4OS/c1-11-7-15(9-16(22-11)12(2)24-3)18-17(23-19(21)25-18)14-6-4-5-13(8-14)10-20/h4-9,12H,1-3H3,(H2,21,23). The number of pyridine rings is 1. The second-order valence-electron chi connectivity index (χ2n) is 5.72. The van der Waals surface area contributed by atoms with Gasteiger partial charge in [0.15, 0.2) is 5.13 Å². The first-order valence-electron chi connectivity index (χ1n) is 7.80. The molecule has 0 aliphatic rings. The lowest BCUT2D eigenvalue weighted by Crippen LogP contribution is -2.01. The molecule has 0 saturated carbocycles. The number of benzene rings is 1. The van der Waals surface area contributed by atoms with Crippen molar-refractivity contribution in [2.75, 3.05) is 12.8 Å². The van der Waals surface area contributed by atoms with E-state index >= 15 is 0 Å². The van der Waals surface area contributed by atoms with Crippen LogP contribution in [-0.2, 0) is 4.74 Å². The molecule has 0 bridgehead atoms. The summed E-state index contributed by atoms with van der Waals surface area (Å²) in [6.07, 6.45) is -0.103. The molecule has 25 heavy (non-hydrogen) atoms. The van der Waals surface area contributed by atoms with Gasteiger partial charge in [-0.15, -0.1) is 0 Å². The van der Waals surface area contributed by atoms with Crippen LogP contribution in [0.2, 0.25) is 0 Å². The first-order chi connectivity index (χ1) is 12.0. The maximum absolute atomic E-state index is 9.15. The van der Waals surface area contributed by atoms with Gasteiger partial charge in [-0.2, -0.15) is 5.26 Å². The van der Waals surface area contributed by atoms with Crippen molar-refractivity contribution in [3.8, 4) is 27.8 Å². The summed E-state index contributed by atoms with van der Waals surface area (Å²) >= 11 is 1.43. The predicted molar refractivity (Wildman–Crippen MR) is 100 cm³/mol. The lowest BCUT2D eigenvalue weighted by molar-refractivity contribution is 0.116. The minimum atomic E-state index is -0.103. The van der Waals surface area contributed by atoms with Crippen LogP contribution < -0.4 is 5.73 Å². The molecule has 6 heteroatoms. The molecule has 0 spiro atoms. The third kappa shape index (κ3) is 3.53. The van der Waals surface area contributed by atoms with Crippen LogP contribution >= 0.6 is 11.3 Å². The smallest absolute Gasteiger partial charge is 0.181 e. The summed E-state index contributed by atoms with van der Waals surface area (Å²) in [6, 6.07) is 13.6. The molecule has 2 N–H and O–H groups in total. The van der Waals surface area contributed by atoms with Gasteiger partial charge in [0.2, 0.25) is 0 Å². The fourth-order valence-corrected chi connectivity index (χ4v) is 3.46. The molecule has 1 atom stereocenters. The molecular formula is C19H18N4OS. The quantitative estimate of drug-likeness (QED) is 0.756. The molecule has 5 nitrogen and oxygen atoms in total. The van der Waals surface area contributed by atoms with E-state index in [1.807, 2.05) is 44.2 Å². The number of nitrogens with two attached hydrogens (primary N) is 1. The molecule has 1 aromatic carbocycles. The number of thiazole rings is 1. The highest BCUT2D eigenvalue weighted by molar-refractivity contribution is 7.19. The Labute approximate surface area is 150 Å². The van der Waals surface area contributed by atoms with E-state index in [4.69, 9.17) is 15.7 Å². The number of ether oxygens (including phenoxy) is 1. The zero-order valence-corrected chi connectivity index (χ0v) is 15.1. The van der Waals surface area contributed by atoms with Gasteiger partial charge in [0, 0.05) is 18.4 Å². The summed E-state index contributed by atoms with van der Waals surface area (Å²) in [5, 5.41) is 9.64. The Bertz CT molecular complexity index is 958. The molecule has 0 fully saturated rings. The fourth-order valence-electron chi connectivity index (χ4n) is 2.62. The molecule has 0 aliphatic heterocycles. The normalized spacial score (nSPS) is 11.9. The van der Waals surface area contributed by atoms with Crippen molar-refractivity contribution in [1.29, 1.82) is 5.26 Å². The summed E-state index contributed by atoms with van der Waals surface area (Å²) in [6.45, 7) is 3.92. The third-order valence-electron chi connectivity index (χ3n) is 3.91. The topological polar surface area (TPSA) is 84.8 Å². The van der Waals surface area contributed by atoms with Gasteiger partial charge < -0.3 is 10.5 Å². The average Bonchev–Trinajstić information content (AvgIpc) is 3.02. The number of anilines is 1. The Balaban J connectivity index is 2.16. The maximum atomic E-state index is 9.15. The molecule has 3 rings (SSSR count). The summed E-state index contributed by atoms with van der Waals surface area (Å²) in [4.78, 5) is 10.0. The Morgan fingerprint density at radius 1 is 1.20 bits per heavy atom. The first kappa shape index (κ1) is 17.1. The van der Waals surface area contributed by atoms with Crippen molar-refractivity contribution < 1.29 is 4.74 Å². The van der Waals surface area contributed by atoms with Gasteiger partial charge in [0.25, 0.3) is 0 Å². The second kappa shape index (κ2) is 7.01. The van der Waals surface area contributed by atoms with Crippen LogP contribution in [0.4, 0.5) is 5.13 Å². The monoisotopic (exact) mass is 350 g/mol. The van der Waals surface area contributed by atoms with Crippen LogP contribution in [0.1, 0.15) is 30.0 Å². The van der Waals surface area contributed by atoms with E-state index in [1.165, 1.54) is 11.3 Å². The largest absolute Gasteiger partial charge is 0.375 e. The van der Waals surface area contributed by atoms with Crippen molar-refractivity contribution in [3.63, 3.8) is 0 Å². The highest BCUT2D eigenvalue weighted by Crippen LogP contribution is 2.39. The van der Waals surface area contributed by atoms with Crippen molar-refractivity contribution in [2.24, 2.45) is 0 Å². The predicted octanol–water partition coefficient (Wildman–Crippen LogP) is 4.34. The number of aromatic nitrogens is 2. The van der Waals surface area contributed by atoms with Crippen molar-refractivity contribution in [3.05, 3.63) is 53.3 Å². The van der Waals surface area contributed by atoms with Crippen LogP contribution in [0.25, 0.3) is 21.7 Å². The number of nitrogen functional groups attached to an aromatic ring is 1. The highest BCUT2D eigenvalue weighted by Gasteiger charge is 2.17. The SMILES string of the molecule is COC(C)c1cc(-c2sc(N)nc2-c2cccc(C#N)c2)cc(C)n1. The molecule has 1 unspecified atom stereocenters. The van der Waals surface area contributed by atoms with Crippen LogP contribution in [0, 0.1) is 18.3 Å². The number of hydrogen-bond donors (Lipinski definition) is 1. The summed E-state index contributed by atoms with van der Waals surface area (Å²) in [7, 11) is 1.66. The number of methoxy groups -OCH3 is 1. The zero-order valence-electron chi connectivity index (χ0n) is 14.3. The molecule has 0 amide bonds. The second-order valence-corrected chi connectivity index (χ2v) is 6.75. The molecular weight excluding hydrogens is 332 g/mol. The summed E-state index contributed by atoms with van der Waals surface area (Å²) in [5.41, 5.74) is 11.0. The van der Waals surface area contributed by atoms with E-state index in [9.17, 15) is 0 Å². The lowest BCUT2D eigenvalue weighted by atomic mass is 10.0. The van der Waals surface area contributed by atoms with Gasteiger partial charge in [-0.3, -0.25) is 4.98 Å². The highest BCUT2D eigenvalue weighted by atomic mass is 32.1. The molecule has 0 aliphatic carbocycles. The molecule has 3 aromatic rings. The van der Waals surface area contributed by atoms with E-state index in [-0.39, 0.29) is 6.10 Å². The molecule has 0 saturated heterocycles. The van der Waals surface area contributed by atoms with Gasteiger partial charge in [0.05, 0.1) is 34.0 Å². The number of rotatable bonds is 4. The Kier molecular flexibility index (Phi) is 4.79. The molecule has 2 heterocycles. The number of nitriles is 1. The van der Waals surface area contributed by atoms with Gasteiger partial charge >= 0.3 is 0 Å². The molecule has 2 aromatic heterocycles. The van der Waals surface area contributed by atoms with E-state index in [1.54, 1.807) is 13.2 Å². The van der Waals surface area contributed by atoms with Crippen molar-refractivity contribution in [2.45, 2.75) is 20.0 Å². The lowest BCUT2D eigenvalue weighted by Gasteiger charge is -2.12. The summed E-state index contributed by atoms with van der Waals surface area (Å²) < 4.78 is 5.40. The van der Waals surface area contributed by atoms with E-state index in [0.717, 1.165) is 33.1 Å². The number of nitrogens with zero attached hydrogens (tertiary/aromatic N) is 3. The zero-order chi connectivity index (χ0) is 18.0. The third-order valence-corrected chi connectivity index (χ3v) is 4.85. The average molecular weight is 350 g/mol. The van der Waals surface area contributed by atoms with Crippen LogP contribution in [0.3, 0.4) is 0 Å². The van der Waals surface area contributed by atoms with Gasteiger partial charge in [-0.05, 0) is 43.7 Å². The molecule has 126 valence electrons. The van der Waals surface area contributed by atoms with E-state index in [2.05, 4.69) is 16.0 Å². The minimum absolute atomic E-state index is 0.103. The van der Waals surface area contributed by atoms with Gasteiger partial charge in [-0.1, -0.05) is 23.5 Å². The van der Waals surface area contributed by atoms with Crippen LogP contribution in [0.15, 0.2) is 36.4 Å². The van der Waals surface area contributed by atoms with E-state index < -0.39 is 0 Å². The van der Waals surface area contributed by atoms with Crippen LogP contribution in [0.5, 0.6) is 0 Å². The Morgan fingerprint density at radius 3 is 2.72 bits per heavy atom. The summed E-state index contributed by atoms with van der Waals surface area (Å²) in [5.74, 6) is 0. The van der Waals surface area contributed by atoms with Gasteiger partial charge in [0.1, 0.15) is 0 Å². The Hall–Kier alpha value is -2.75. The number of hydrogen-bond acceptors (Lipinski definition) is 6. The van der Waals surface area contributed by atoms with Crippen LogP contribution in [-0.4, -0.2) is 17.1 Å². The fraction of sp³-hybridized carbons (Fsp3) is 0.211. The maximum Gasteiger partial charge on any atom is 0.181 e. The minimum Gasteiger partial charge on any atom is -0.375 e. The van der Waals surface area contributed by atoms with E-state index in [0.29, 0.717) is 10.7 Å². The molecule has 0 radical (unpaired) electrons. The number of aryl methyl sites for hydroxylation is 1. The Morgan fingerprint density at radius 2 is 2.00 bits per heavy atom. The van der Waals surface area contributed by atoms with Gasteiger partial charge in [-0.25, -0.2) is 4.98 Å². The first-order valence-corrected chi connectivity index (χ1v) is 8.62.